The summed E-state index contributed by atoms with van der Waals surface area (Å²) in [5.41, 5.74) is 4.33. The highest BCUT2D eigenvalue weighted by molar-refractivity contribution is 5.75. The van der Waals surface area contributed by atoms with Crippen LogP contribution in [0.4, 0.5) is 0 Å². The molecule has 1 N–H and O–H groups in total. The molecule has 1 aromatic heterocycles. The molecule has 0 aliphatic heterocycles. The van der Waals surface area contributed by atoms with Crippen LogP contribution in [0.5, 0.6) is 5.75 Å². The van der Waals surface area contributed by atoms with Gasteiger partial charge in [0.2, 0.25) is 0 Å². The first-order chi connectivity index (χ1) is 11.6. The average Bonchev–Trinajstić information content (AvgIpc) is 2.94. The van der Waals surface area contributed by atoms with E-state index in [0.717, 1.165) is 35.3 Å². The van der Waals surface area contributed by atoms with Crippen LogP contribution in [0.3, 0.4) is 0 Å². The lowest BCUT2D eigenvalue weighted by Gasteiger charge is -2.13. The van der Waals surface area contributed by atoms with Crippen molar-refractivity contribution < 1.29 is 9.84 Å². The van der Waals surface area contributed by atoms with E-state index in [1.54, 1.807) is 6.92 Å². The molecule has 0 aliphatic rings. The number of para-hydroxylation sites is 2. The van der Waals surface area contributed by atoms with Crippen molar-refractivity contribution in [2.75, 3.05) is 6.61 Å². The normalized spacial score (nSPS) is 12.5. The summed E-state index contributed by atoms with van der Waals surface area (Å²) in [7, 11) is 0. The molecule has 4 heteroatoms. The van der Waals surface area contributed by atoms with Crippen molar-refractivity contribution in [2.24, 2.45) is 0 Å². The molecule has 2 aromatic carbocycles. The second-order valence-electron chi connectivity index (χ2n) is 6.26. The molecule has 0 aliphatic carbocycles. The Bertz CT molecular complexity index is 837. The van der Waals surface area contributed by atoms with E-state index in [9.17, 15) is 5.11 Å². The second-order valence-corrected chi connectivity index (χ2v) is 6.26. The molecular formula is C20H24N2O2. The van der Waals surface area contributed by atoms with Crippen LogP contribution in [0.2, 0.25) is 0 Å². The minimum atomic E-state index is -0.586. The SMILES string of the molecule is Cc1ccc(C)c(OCCCn2c(C(C)O)nc3ccccc32)c1. The highest BCUT2D eigenvalue weighted by atomic mass is 16.5. The quantitative estimate of drug-likeness (QED) is 0.692. The number of aliphatic hydroxyl groups excluding tert-OH is 1. The fourth-order valence-electron chi connectivity index (χ4n) is 2.92. The van der Waals surface area contributed by atoms with Gasteiger partial charge >= 0.3 is 0 Å². The van der Waals surface area contributed by atoms with Crippen molar-refractivity contribution in [1.82, 2.24) is 9.55 Å². The lowest BCUT2D eigenvalue weighted by molar-refractivity contribution is 0.183. The predicted octanol–water partition coefficient (Wildman–Crippen LogP) is 4.18. The molecule has 3 rings (SSSR count). The number of ether oxygens (including phenoxy) is 1. The molecule has 0 bridgehead atoms. The Labute approximate surface area is 142 Å². The van der Waals surface area contributed by atoms with Crippen molar-refractivity contribution in [3.05, 3.63) is 59.4 Å². The Morgan fingerprint density at radius 2 is 1.96 bits per heavy atom. The molecule has 0 spiro atoms. The Kier molecular flexibility index (Phi) is 4.86. The van der Waals surface area contributed by atoms with Gasteiger partial charge in [-0.2, -0.15) is 0 Å². The number of hydrogen-bond donors (Lipinski definition) is 1. The first kappa shape index (κ1) is 16.5. The largest absolute Gasteiger partial charge is 0.493 e. The molecule has 24 heavy (non-hydrogen) atoms. The second kappa shape index (κ2) is 7.05. The van der Waals surface area contributed by atoms with Crippen molar-refractivity contribution in [2.45, 2.75) is 39.8 Å². The summed E-state index contributed by atoms with van der Waals surface area (Å²) >= 11 is 0. The van der Waals surface area contributed by atoms with E-state index in [0.29, 0.717) is 12.4 Å². The molecular weight excluding hydrogens is 300 g/mol. The van der Waals surface area contributed by atoms with Gasteiger partial charge in [0.05, 0.1) is 17.6 Å². The van der Waals surface area contributed by atoms with Crippen LogP contribution in [-0.2, 0) is 6.54 Å². The first-order valence-electron chi connectivity index (χ1n) is 8.39. The lowest BCUT2D eigenvalue weighted by Crippen LogP contribution is -2.10. The van der Waals surface area contributed by atoms with Crippen molar-refractivity contribution in [1.29, 1.82) is 0 Å². The standard InChI is InChI=1S/C20H24N2O2/c1-14-9-10-15(2)19(13-14)24-12-6-11-22-18-8-5-4-7-17(18)21-20(22)16(3)23/h4-5,7-10,13,16,23H,6,11-12H2,1-3H3. The van der Waals surface area contributed by atoms with Gasteiger partial charge in [0, 0.05) is 6.54 Å². The summed E-state index contributed by atoms with van der Waals surface area (Å²) in [6.07, 6.45) is 0.269. The molecule has 0 amide bonds. The number of aromatic nitrogens is 2. The summed E-state index contributed by atoms with van der Waals surface area (Å²) in [4.78, 5) is 4.55. The maximum absolute atomic E-state index is 9.99. The van der Waals surface area contributed by atoms with Gasteiger partial charge in [-0.05, 0) is 56.5 Å². The van der Waals surface area contributed by atoms with E-state index in [1.807, 2.05) is 24.3 Å². The van der Waals surface area contributed by atoms with Crippen LogP contribution in [-0.4, -0.2) is 21.3 Å². The summed E-state index contributed by atoms with van der Waals surface area (Å²) in [6.45, 7) is 7.29. The topological polar surface area (TPSA) is 47.3 Å². The van der Waals surface area contributed by atoms with Crippen LogP contribution in [0.25, 0.3) is 11.0 Å². The van der Waals surface area contributed by atoms with Crippen LogP contribution in [0, 0.1) is 13.8 Å². The first-order valence-corrected chi connectivity index (χ1v) is 8.39. The minimum Gasteiger partial charge on any atom is -0.493 e. The van der Waals surface area contributed by atoms with Gasteiger partial charge in [-0.25, -0.2) is 4.98 Å². The molecule has 126 valence electrons. The minimum absolute atomic E-state index is 0.586. The van der Waals surface area contributed by atoms with Crippen molar-refractivity contribution in [3.63, 3.8) is 0 Å². The third-order valence-corrected chi connectivity index (χ3v) is 4.19. The van der Waals surface area contributed by atoms with Gasteiger partial charge in [0.1, 0.15) is 17.7 Å². The van der Waals surface area contributed by atoms with Gasteiger partial charge < -0.3 is 14.4 Å². The monoisotopic (exact) mass is 324 g/mol. The number of aliphatic hydroxyl groups is 1. The van der Waals surface area contributed by atoms with E-state index in [4.69, 9.17) is 4.74 Å². The van der Waals surface area contributed by atoms with Gasteiger partial charge in [-0.15, -0.1) is 0 Å². The zero-order valence-corrected chi connectivity index (χ0v) is 14.5. The molecule has 3 aromatic rings. The van der Waals surface area contributed by atoms with E-state index >= 15 is 0 Å². The number of benzene rings is 2. The van der Waals surface area contributed by atoms with E-state index in [1.165, 1.54) is 5.56 Å². The molecule has 1 heterocycles. The van der Waals surface area contributed by atoms with Gasteiger partial charge in [-0.1, -0.05) is 24.3 Å². The Morgan fingerprint density at radius 3 is 2.75 bits per heavy atom. The van der Waals surface area contributed by atoms with Gasteiger partial charge in [-0.3, -0.25) is 0 Å². The highest BCUT2D eigenvalue weighted by Crippen LogP contribution is 2.22. The highest BCUT2D eigenvalue weighted by Gasteiger charge is 2.14. The number of aryl methyl sites for hydroxylation is 3. The molecule has 0 saturated heterocycles. The summed E-state index contributed by atoms with van der Waals surface area (Å²) in [6, 6.07) is 14.2. The fourth-order valence-corrected chi connectivity index (χ4v) is 2.92. The maximum atomic E-state index is 9.99. The molecule has 0 radical (unpaired) electrons. The van der Waals surface area contributed by atoms with E-state index < -0.39 is 6.10 Å². The van der Waals surface area contributed by atoms with E-state index in [2.05, 4.69) is 41.6 Å². The fraction of sp³-hybridized carbons (Fsp3) is 0.350. The molecule has 0 fully saturated rings. The number of rotatable bonds is 6. The smallest absolute Gasteiger partial charge is 0.138 e. The molecule has 1 unspecified atom stereocenters. The number of fused-ring (bicyclic) bond motifs is 1. The summed E-state index contributed by atoms with van der Waals surface area (Å²) < 4.78 is 8.02. The van der Waals surface area contributed by atoms with Gasteiger partial charge in [0.15, 0.2) is 0 Å². The number of hydrogen-bond acceptors (Lipinski definition) is 3. The lowest BCUT2D eigenvalue weighted by atomic mass is 10.1. The number of nitrogens with zero attached hydrogens (tertiary/aromatic N) is 2. The van der Waals surface area contributed by atoms with Crippen molar-refractivity contribution in [3.8, 4) is 5.75 Å². The third-order valence-electron chi connectivity index (χ3n) is 4.19. The molecule has 4 nitrogen and oxygen atoms in total. The Morgan fingerprint density at radius 1 is 1.17 bits per heavy atom. The zero-order valence-electron chi connectivity index (χ0n) is 14.5. The maximum Gasteiger partial charge on any atom is 0.138 e. The Balaban J connectivity index is 1.69. The van der Waals surface area contributed by atoms with Crippen LogP contribution in [0.15, 0.2) is 42.5 Å². The molecule has 1 atom stereocenters. The summed E-state index contributed by atoms with van der Waals surface area (Å²) in [5, 5.41) is 9.99. The Hall–Kier alpha value is -2.33. The summed E-state index contributed by atoms with van der Waals surface area (Å²) in [5.74, 6) is 1.66. The molecule has 0 saturated carbocycles. The predicted molar refractivity (Wildman–Crippen MR) is 96.4 cm³/mol. The number of imidazole rings is 1. The van der Waals surface area contributed by atoms with E-state index in [-0.39, 0.29) is 0 Å². The average molecular weight is 324 g/mol. The van der Waals surface area contributed by atoms with Crippen LogP contribution < -0.4 is 4.74 Å². The van der Waals surface area contributed by atoms with Gasteiger partial charge in [0.25, 0.3) is 0 Å². The van der Waals surface area contributed by atoms with Crippen LogP contribution in [0.1, 0.15) is 36.4 Å². The third kappa shape index (κ3) is 3.44. The zero-order chi connectivity index (χ0) is 17.1. The van der Waals surface area contributed by atoms with Crippen LogP contribution >= 0.6 is 0 Å². The van der Waals surface area contributed by atoms with Crippen molar-refractivity contribution >= 4 is 11.0 Å².